The van der Waals surface area contributed by atoms with Crippen molar-refractivity contribution >= 4 is 0 Å². The van der Waals surface area contributed by atoms with Gasteiger partial charge in [0, 0.05) is 7.11 Å². The summed E-state index contributed by atoms with van der Waals surface area (Å²) < 4.78 is 5.73. The maximum absolute atomic E-state index is 5.73. The SMILES string of the molecule is CO[C@@H]1c2ccccc2C[C@H]2CCC[C@H]21. The summed E-state index contributed by atoms with van der Waals surface area (Å²) in [5.41, 5.74) is 2.97. The molecule has 0 bridgehead atoms. The van der Waals surface area contributed by atoms with E-state index in [2.05, 4.69) is 24.3 Å². The molecule has 80 valence electrons. The molecule has 0 N–H and O–H groups in total. The lowest BCUT2D eigenvalue weighted by atomic mass is 9.76. The van der Waals surface area contributed by atoms with Crippen molar-refractivity contribution in [1.82, 2.24) is 0 Å². The molecular weight excluding hydrogens is 184 g/mol. The molecule has 1 saturated carbocycles. The second-order valence-electron chi connectivity index (χ2n) is 4.91. The fourth-order valence-corrected chi connectivity index (χ4v) is 3.53. The highest BCUT2D eigenvalue weighted by molar-refractivity contribution is 5.33. The highest BCUT2D eigenvalue weighted by Crippen LogP contribution is 2.48. The number of hydrogen-bond donors (Lipinski definition) is 0. The lowest BCUT2D eigenvalue weighted by Crippen LogP contribution is -2.26. The topological polar surface area (TPSA) is 9.23 Å². The Bertz CT molecular complexity index is 358. The fourth-order valence-electron chi connectivity index (χ4n) is 3.53. The quantitative estimate of drug-likeness (QED) is 0.678. The Kier molecular flexibility index (Phi) is 2.28. The van der Waals surface area contributed by atoms with Crippen molar-refractivity contribution in [2.24, 2.45) is 11.8 Å². The first kappa shape index (κ1) is 9.41. The van der Waals surface area contributed by atoms with E-state index in [4.69, 9.17) is 4.74 Å². The summed E-state index contributed by atoms with van der Waals surface area (Å²) in [6.45, 7) is 0. The van der Waals surface area contributed by atoms with Crippen molar-refractivity contribution in [3.63, 3.8) is 0 Å². The van der Waals surface area contributed by atoms with E-state index < -0.39 is 0 Å². The Morgan fingerprint density at radius 3 is 2.93 bits per heavy atom. The number of hydrogen-bond acceptors (Lipinski definition) is 1. The molecule has 2 aliphatic rings. The van der Waals surface area contributed by atoms with Crippen LogP contribution in [0.3, 0.4) is 0 Å². The minimum absolute atomic E-state index is 0.363. The lowest BCUT2D eigenvalue weighted by molar-refractivity contribution is 0.0265. The highest BCUT2D eigenvalue weighted by Gasteiger charge is 2.39. The molecule has 0 saturated heterocycles. The van der Waals surface area contributed by atoms with Gasteiger partial charge in [-0.3, -0.25) is 0 Å². The molecule has 0 unspecified atom stereocenters. The molecule has 15 heavy (non-hydrogen) atoms. The zero-order valence-corrected chi connectivity index (χ0v) is 9.28. The van der Waals surface area contributed by atoms with Gasteiger partial charge < -0.3 is 4.74 Å². The summed E-state index contributed by atoms with van der Waals surface area (Å²) >= 11 is 0. The minimum Gasteiger partial charge on any atom is -0.376 e. The van der Waals surface area contributed by atoms with Gasteiger partial charge in [-0.25, -0.2) is 0 Å². The monoisotopic (exact) mass is 202 g/mol. The molecule has 0 spiro atoms. The van der Waals surface area contributed by atoms with Crippen LogP contribution in [0, 0.1) is 11.8 Å². The van der Waals surface area contributed by atoms with E-state index in [0.29, 0.717) is 6.10 Å². The molecule has 0 aliphatic heterocycles. The molecular formula is C14H18O. The van der Waals surface area contributed by atoms with Crippen LogP contribution in [0.2, 0.25) is 0 Å². The van der Waals surface area contributed by atoms with Crippen LogP contribution in [-0.4, -0.2) is 7.11 Å². The molecule has 3 rings (SSSR count). The van der Waals surface area contributed by atoms with Gasteiger partial charge in [-0.15, -0.1) is 0 Å². The molecule has 1 fully saturated rings. The van der Waals surface area contributed by atoms with Crippen LogP contribution in [0.15, 0.2) is 24.3 Å². The van der Waals surface area contributed by atoms with Crippen molar-refractivity contribution in [3.05, 3.63) is 35.4 Å². The van der Waals surface area contributed by atoms with E-state index in [9.17, 15) is 0 Å². The smallest absolute Gasteiger partial charge is 0.0854 e. The summed E-state index contributed by atoms with van der Waals surface area (Å²) in [4.78, 5) is 0. The van der Waals surface area contributed by atoms with Gasteiger partial charge in [0.2, 0.25) is 0 Å². The van der Waals surface area contributed by atoms with Crippen LogP contribution in [0.1, 0.15) is 36.5 Å². The Balaban J connectivity index is 2.03. The lowest BCUT2D eigenvalue weighted by Gasteiger charge is -2.34. The van der Waals surface area contributed by atoms with Crippen LogP contribution in [-0.2, 0) is 11.2 Å². The van der Waals surface area contributed by atoms with E-state index in [1.54, 1.807) is 0 Å². The first-order valence-corrected chi connectivity index (χ1v) is 6.00. The van der Waals surface area contributed by atoms with Crippen LogP contribution in [0.25, 0.3) is 0 Å². The zero-order valence-electron chi connectivity index (χ0n) is 9.28. The molecule has 1 aromatic rings. The average Bonchev–Trinajstić information content (AvgIpc) is 2.73. The third-order valence-electron chi connectivity index (χ3n) is 4.20. The standard InChI is InChI=1S/C14H18O/c1-15-14-12-7-3-2-5-10(12)9-11-6-4-8-13(11)14/h2-3,5,7,11,13-14H,4,6,8-9H2,1H3/t11-,13-,14-/m1/s1. The number of ether oxygens (including phenoxy) is 1. The number of fused-ring (bicyclic) bond motifs is 2. The first-order valence-electron chi connectivity index (χ1n) is 6.00. The Labute approximate surface area is 91.5 Å². The molecule has 0 radical (unpaired) electrons. The maximum Gasteiger partial charge on any atom is 0.0854 e. The molecule has 0 amide bonds. The molecule has 3 atom stereocenters. The van der Waals surface area contributed by atoms with E-state index in [-0.39, 0.29) is 0 Å². The van der Waals surface area contributed by atoms with Gasteiger partial charge in [0.25, 0.3) is 0 Å². The normalized spacial score (nSPS) is 33.5. The fraction of sp³-hybridized carbons (Fsp3) is 0.571. The second-order valence-corrected chi connectivity index (χ2v) is 4.91. The van der Waals surface area contributed by atoms with Crippen LogP contribution in [0.4, 0.5) is 0 Å². The first-order chi connectivity index (χ1) is 7.40. The molecule has 1 nitrogen and oxygen atoms in total. The Morgan fingerprint density at radius 2 is 2.07 bits per heavy atom. The minimum atomic E-state index is 0.363. The van der Waals surface area contributed by atoms with Gasteiger partial charge in [-0.2, -0.15) is 0 Å². The molecule has 0 heterocycles. The molecule has 1 aromatic carbocycles. The van der Waals surface area contributed by atoms with Gasteiger partial charge in [-0.05, 0) is 42.2 Å². The van der Waals surface area contributed by atoms with Crippen molar-refractivity contribution < 1.29 is 4.74 Å². The highest BCUT2D eigenvalue weighted by atomic mass is 16.5. The van der Waals surface area contributed by atoms with Crippen LogP contribution < -0.4 is 0 Å². The van der Waals surface area contributed by atoms with Crippen molar-refractivity contribution in [1.29, 1.82) is 0 Å². The van der Waals surface area contributed by atoms with Gasteiger partial charge in [0.05, 0.1) is 6.10 Å². The van der Waals surface area contributed by atoms with E-state index >= 15 is 0 Å². The van der Waals surface area contributed by atoms with Crippen LogP contribution in [0.5, 0.6) is 0 Å². The third-order valence-corrected chi connectivity index (χ3v) is 4.20. The maximum atomic E-state index is 5.73. The Morgan fingerprint density at radius 1 is 1.20 bits per heavy atom. The summed E-state index contributed by atoms with van der Waals surface area (Å²) in [7, 11) is 1.86. The van der Waals surface area contributed by atoms with Crippen LogP contribution >= 0.6 is 0 Å². The van der Waals surface area contributed by atoms with Gasteiger partial charge >= 0.3 is 0 Å². The number of rotatable bonds is 1. The van der Waals surface area contributed by atoms with Crippen molar-refractivity contribution in [3.8, 4) is 0 Å². The summed E-state index contributed by atoms with van der Waals surface area (Å²) in [6, 6.07) is 8.81. The predicted octanol–water partition coefficient (Wildman–Crippen LogP) is 3.35. The largest absolute Gasteiger partial charge is 0.376 e. The Hall–Kier alpha value is -0.820. The molecule has 2 aliphatic carbocycles. The van der Waals surface area contributed by atoms with E-state index in [0.717, 1.165) is 11.8 Å². The summed E-state index contributed by atoms with van der Waals surface area (Å²) in [5, 5.41) is 0. The van der Waals surface area contributed by atoms with Crippen molar-refractivity contribution in [2.75, 3.05) is 7.11 Å². The number of methoxy groups -OCH3 is 1. The second kappa shape index (κ2) is 3.64. The predicted molar refractivity (Wildman–Crippen MR) is 60.7 cm³/mol. The molecule has 1 heteroatoms. The third kappa shape index (κ3) is 1.41. The van der Waals surface area contributed by atoms with Crippen molar-refractivity contribution in [2.45, 2.75) is 31.8 Å². The summed E-state index contributed by atoms with van der Waals surface area (Å²) in [5.74, 6) is 1.66. The summed E-state index contributed by atoms with van der Waals surface area (Å²) in [6.07, 6.45) is 5.79. The average molecular weight is 202 g/mol. The van der Waals surface area contributed by atoms with E-state index in [1.807, 2.05) is 7.11 Å². The number of benzene rings is 1. The van der Waals surface area contributed by atoms with E-state index in [1.165, 1.54) is 36.8 Å². The van der Waals surface area contributed by atoms with Gasteiger partial charge in [0.15, 0.2) is 0 Å². The zero-order chi connectivity index (χ0) is 10.3. The molecule has 0 aromatic heterocycles. The van der Waals surface area contributed by atoms with Gasteiger partial charge in [-0.1, -0.05) is 30.7 Å². The van der Waals surface area contributed by atoms with Gasteiger partial charge in [0.1, 0.15) is 0 Å².